The number of benzene rings is 5. The maximum absolute atomic E-state index is 14.2. The summed E-state index contributed by atoms with van der Waals surface area (Å²) in [6.07, 6.45) is 0.0445. The van der Waals surface area contributed by atoms with Crippen LogP contribution in [0.3, 0.4) is 0 Å². The van der Waals surface area contributed by atoms with Crippen LogP contribution in [0.1, 0.15) is 44.5 Å². The van der Waals surface area contributed by atoms with Gasteiger partial charge in [0.15, 0.2) is 5.78 Å². The van der Waals surface area contributed by atoms with E-state index < -0.39 is 62.6 Å². The van der Waals surface area contributed by atoms with E-state index in [2.05, 4.69) is 0 Å². The molecule has 6 N–H and O–H groups in total. The molecule has 0 saturated heterocycles. The van der Waals surface area contributed by atoms with Gasteiger partial charge in [-0.3, -0.25) is 9.59 Å². The summed E-state index contributed by atoms with van der Waals surface area (Å²) >= 11 is 0. The molecule has 264 valence electrons. The molecule has 0 aliphatic heterocycles. The molecule has 0 atom stereocenters. The van der Waals surface area contributed by atoms with Gasteiger partial charge >= 0.3 is 0 Å². The molecule has 0 spiro atoms. The van der Waals surface area contributed by atoms with Gasteiger partial charge in [-0.25, -0.2) is 0 Å². The van der Waals surface area contributed by atoms with Crippen molar-refractivity contribution >= 4 is 17.1 Å². The van der Waals surface area contributed by atoms with Crippen molar-refractivity contribution in [2.24, 2.45) is 0 Å². The molecule has 5 aromatic carbocycles. The van der Waals surface area contributed by atoms with Crippen LogP contribution in [0.2, 0.25) is 0 Å². The summed E-state index contributed by atoms with van der Waals surface area (Å²) < 4.78 is 0. The number of allylic oxidation sites excluding steroid dienone is 5. The number of hydrogen-bond acceptors (Lipinski definition) is 8. The Morgan fingerprint density at radius 1 is 0.396 bits per heavy atom. The summed E-state index contributed by atoms with van der Waals surface area (Å²) in [7, 11) is 0. The lowest BCUT2D eigenvalue weighted by Crippen LogP contribution is -2.30. The van der Waals surface area contributed by atoms with Gasteiger partial charge in [-0.05, 0) is 29.2 Å². The van der Waals surface area contributed by atoms with Crippen molar-refractivity contribution in [2.45, 2.75) is 32.6 Å². The number of carbonyl (C=O) groups excluding carboxylic acids is 2. The lowest BCUT2D eigenvalue weighted by molar-refractivity contribution is -0.115. The Balaban J connectivity index is 1.40. The van der Waals surface area contributed by atoms with Gasteiger partial charge in [-0.15, -0.1) is 0 Å². The number of hydrogen-bond donors (Lipinski definition) is 6. The minimum Gasteiger partial charge on any atom is -0.507 e. The van der Waals surface area contributed by atoms with Crippen LogP contribution in [0.4, 0.5) is 0 Å². The second kappa shape index (κ2) is 14.1. The molecule has 0 bridgehead atoms. The number of Topliss-reactive ketones (excluding diaryl/α,β-unsaturated/α-hetero) is 2. The quantitative estimate of drug-likeness (QED) is 0.0841. The van der Waals surface area contributed by atoms with Crippen LogP contribution >= 0.6 is 0 Å². The fourth-order valence-electron chi connectivity index (χ4n) is 6.94. The van der Waals surface area contributed by atoms with E-state index in [1.54, 1.807) is 72.8 Å². The Morgan fingerprint density at radius 2 is 0.811 bits per heavy atom. The van der Waals surface area contributed by atoms with Gasteiger partial charge in [-0.2, -0.15) is 0 Å². The monoisotopic (exact) mass is 704 g/mol. The predicted molar refractivity (Wildman–Crippen MR) is 201 cm³/mol. The van der Waals surface area contributed by atoms with Gasteiger partial charge in [0.25, 0.3) is 0 Å². The van der Waals surface area contributed by atoms with Crippen molar-refractivity contribution in [1.82, 2.24) is 0 Å². The van der Waals surface area contributed by atoms with Gasteiger partial charge in [0, 0.05) is 48.0 Å². The molecule has 0 amide bonds. The lowest BCUT2D eigenvalue weighted by atomic mass is 9.74. The highest BCUT2D eigenvalue weighted by atomic mass is 16.3. The van der Waals surface area contributed by atoms with Crippen molar-refractivity contribution in [1.29, 1.82) is 0 Å². The number of phenols is 3. The van der Waals surface area contributed by atoms with Crippen LogP contribution in [0.15, 0.2) is 155 Å². The standard InChI is InChI=1S/C45H36O8/c1-25-17-19-29(20-18-25)24-33-39(47)32(23-28-15-9-4-10-16-28)42(50)35(43(33)51)37-44(52)36(45(37)53)34-40(48)30(21-26-11-5-2-6-12-26)38(46)31(41(34)49)22-27-13-7-3-8-14-27/h2-20,46-50,52H,21-24H2,1H3/b37-35-. The molecule has 2 aliphatic rings. The van der Waals surface area contributed by atoms with Gasteiger partial charge < -0.3 is 30.6 Å². The molecule has 0 saturated carbocycles. The van der Waals surface area contributed by atoms with E-state index in [0.29, 0.717) is 11.1 Å². The predicted octanol–water partition coefficient (Wildman–Crippen LogP) is 8.13. The summed E-state index contributed by atoms with van der Waals surface area (Å²) in [6, 6.07) is 34.3. The van der Waals surface area contributed by atoms with E-state index in [0.717, 1.165) is 16.7 Å². The highest BCUT2D eigenvalue weighted by Crippen LogP contribution is 2.52. The van der Waals surface area contributed by atoms with E-state index in [4.69, 9.17) is 0 Å². The zero-order valence-corrected chi connectivity index (χ0v) is 28.8. The van der Waals surface area contributed by atoms with Crippen molar-refractivity contribution in [3.8, 4) is 17.2 Å². The normalized spacial score (nSPS) is 16.0. The molecule has 2 aliphatic carbocycles. The molecule has 5 aromatic rings. The second-order valence-corrected chi connectivity index (χ2v) is 13.3. The molecule has 0 heterocycles. The number of phenolic OH excluding ortho intramolecular Hbond substituents is 3. The van der Waals surface area contributed by atoms with E-state index in [-0.39, 0.29) is 53.7 Å². The Labute approximate surface area is 305 Å². The molecule has 0 unspecified atom stereocenters. The van der Waals surface area contributed by atoms with Crippen LogP contribution < -0.4 is 0 Å². The number of carbonyl (C=O) groups is 2. The van der Waals surface area contributed by atoms with Crippen molar-refractivity contribution in [3.63, 3.8) is 0 Å². The van der Waals surface area contributed by atoms with E-state index >= 15 is 0 Å². The molecule has 0 radical (unpaired) electrons. The highest BCUT2D eigenvalue weighted by molar-refractivity contribution is 6.42. The topological polar surface area (TPSA) is 156 Å². The molecule has 0 aromatic heterocycles. The second-order valence-electron chi connectivity index (χ2n) is 13.3. The fraction of sp³-hybridized carbons (Fsp3) is 0.111. The molecule has 8 heteroatoms. The number of aliphatic hydroxyl groups is 3. The number of aryl methyl sites for hydroxylation is 1. The molecule has 0 fully saturated rings. The number of aliphatic hydroxyl groups excluding tert-OH is 3. The largest absolute Gasteiger partial charge is 0.507 e. The van der Waals surface area contributed by atoms with Crippen LogP contribution in [0.5, 0.6) is 17.2 Å². The lowest BCUT2D eigenvalue weighted by Gasteiger charge is -2.29. The average molecular weight is 705 g/mol. The number of ketones is 2. The Hall–Kier alpha value is -6.80. The van der Waals surface area contributed by atoms with E-state index in [9.17, 15) is 40.2 Å². The minimum atomic E-state index is -0.917. The maximum atomic E-state index is 14.2. The zero-order chi connectivity index (χ0) is 37.4. The minimum absolute atomic E-state index is 0.0000780. The van der Waals surface area contributed by atoms with Gasteiger partial charge in [0.1, 0.15) is 34.5 Å². The third-order valence-electron chi connectivity index (χ3n) is 9.81. The summed E-state index contributed by atoms with van der Waals surface area (Å²) in [4.78, 5) is 28.4. The third kappa shape index (κ3) is 6.36. The molecule has 8 nitrogen and oxygen atoms in total. The summed E-state index contributed by atoms with van der Waals surface area (Å²) in [5, 5.41) is 69.5. The zero-order valence-electron chi connectivity index (χ0n) is 28.8. The van der Waals surface area contributed by atoms with Crippen LogP contribution in [0, 0.1) is 6.92 Å². The Bertz CT molecular complexity index is 2330. The van der Waals surface area contributed by atoms with Crippen molar-refractivity contribution in [2.75, 3.05) is 0 Å². The van der Waals surface area contributed by atoms with E-state index in [1.807, 2.05) is 49.4 Å². The summed E-state index contributed by atoms with van der Waals surface area (Å²) in [6.45, 7) is 1.92. The smallest absolute Gasteiger partial charge is 0.202 e. The van der Waals surface area contributed by atoms with Gasteiger partial charge in [0.05, 0.1) is 22.3 Å². The van der Waals surface area contributed by atoms with Crippen molar-refractivity contribution < 1.29 is 40.2 Å². The first kappa shape index (κ1) is 34.6. The Morgan fingerprint density at radius 3 is 1.28 bits per heavy atom. The summed E-state index contributed by atoms with van der Waals surface area (Å²) in [5.74, 6) is -5.16. The fourth-order valence-corrected chi connectivity index (χ4v) is 6.94. The van der Waals surface area contributed by atoms with Gasteiger partial charge in [-0.1, -0.05) is 121 Å². The number of rotatable bonds is 9. The third-order valence-corrected chi connectivity index (χ3v) is 9.81. The average Bonchev–Trinajstić information content (AvgIpc) is 3.17. The van der Waals surface area contributed by atoms with Crippen LogP contribution in [0.25, 0.3) is 5.57 Å². The Kier molecular flexibility index (Phi) is 9.20. The van der Waals surface area contributed by atoms with Gasteiger partial charge in [0.2, 0.25) is 5.78 Å². The first-order chi connectivity index (χ1) is 25.5. The molecule has 7 rings (SSSR count). The maximum Gasteiger partial charge on any atom is 0.202 e. The first-order valence-electron chi connectivity index (χ1n) is 17.1. The SMILES string of the molecule is Cc1ccc(CC2=C(O)C(Cc3ccccc3)=C(O)/C(=C3/C(=O)C(c4c(O)c(Cc5ccccc5)c(O)c(Cc5ccccc5)c4O)=C3O)C2=O)cc1. The first-order valence-corrected chi connectivity index (χ1v) is 17.1. The molecular formula is C45H36O8. The van der Waals surface area contributed by atoms with Crippen LogP contribution in [-0.2, 0) is 35.3 Å². The van der Waals surface area contributed by atoms with Crippen molar-refractivity contribution in [3.05, 3.63) is 199 Å². The summed E-state index contributed by atoms with van der Waals surface area (Å²) in [5.41, 5.74) is 1.96. The number of aromatic hydroxyl groups is 3. The molecular weight excluding hydrogens is 668 g/mol. The van der Waals surface area contributed by atoms with Crippen LogP contribution in [-0.4, -0.2) is 42.2 Å². The highest BCUT2D eigenvalue weighted by Gasteiger charge is 2.46. The van der Waals surface area contributed by atoms with E-state index in [1.165, 1.54) is 0 Å². The molecule has 53 heavy (non-hydrogen) atoms.